The number of nitrogens with one attached hydrogen (secondary N) is 1. The maximum Gasteiger partial charge on any atom is 0.331 e. The minimum absolute atomic E-state index is 0.175. The Balaban J connectivity index is 2.23. The van der Waals surface area contributed by atoms with E-state index in [9.17, 15) is 14.7 Å². The molecule has 0 aliphatic rings. The summed E-state index contributed by atoms with van der Waals surface area (Å²) >= 11 is 11.9. The molecule has 7 nitrogen and oxygen atoms in total. The summed E-state index contributed by atoms with van der Waals surface area (Å²) in [7, 11) is 1.36. The normalized spacial score (nSPS) is 13.3. The number of ether oxygens (including phenoxy) is 1. The average molecular weight is 372 g/mol. The van der Waals surface area contributed by atoms with Gasteiger partial charge in [0.05, 0.1) is 29.1 Å². The number of aliphatic carboxylic acids is 1. The molecule has 2 N–H and O–H groups in total. The van der Waals surface area contributed by atoms with Gasteiger partial charge in [-0.15, -0.1) is 0 Å². The number of carboxylic acids is 1. The highest BCUT2D eigenvalue weighted by molar-refractivity contribution is 6.35. The zero-order valence-electron chi connectivity index (χ0n) is 12.9. The molecular weight excluding hydrogens is 357 g/mol. The first-order valence-corrected chi connectivity index (χ1v) is 7.57. The Hall–Kier alpha value is -2.09. The van der Waals surface area contributed by atoms with Crippen LogP contribution in [0.4, 0.5) is 0 Å². The molecule has 0 aliphatic carbocycles. The van der Waals surface area contributed by atoms with Crippen LogP contribution in [0.1, 0.15) is 17.3 Å². The van der Waals surface area contributed by atoms with Gasteiger partial charge in [-0.05, 0) is 25.1 Å². The Morgan fingerprint density at radius 1 is 1.42 bits per heavy atom. The number of carboxylic acid groups (broad SMARTS) is 1. The first-order valence-electron chi connectivity index (χ1n) is 6.82. The van der Waals surface area contributed by atoms with E-state index in [1.54, 1.807) is 18.2 Å². The van der Waals surface area contributed by atoms with Crippen molar-refractivity contribution in [3.05, 3.63) is 46.2 Å². The fraction of sp³-hybridized carbons (Fsp3) is 0.267. The monoisotopic (exact) mass is 371 g/mol. The Morgan fingerprint density at radius 3 is 2.71 bits per heavy atom. The third-order valence-corrected chi connectivity index (χ3v) is 3.83. The maximum absolute atomic E-state index is 12.3. The molecule has 2 aromatic rings. The summed E-state index contributed by atoms with van der Waals surface area (Å²) in [6, 6.07) is 4.86. The van der Waals surface area contributed by atoms with Crippen LogP contribution in [0, 0.1) is 0 Å². The lowest BCUT2D eigenvalue weighted by Gasteiger charge is -2.24. The predicted molar refractivity (Wildman–Crippen MR) is 89.0 cm³/mol. The van der Waals surface area contributed by atoms with Gasteiger partial charge in [-0.3, -0.25) is 4.79 Å². The molecule has 0 bridgehead atoms. The summed E-state index contributed by atoms with van der Waals surface area (Å²) in [6.07, 6.45) is 2.76. The largest absolute Gasteiger partial charge is 0.479 e. The Kier molecular flexibility index (Phi) is 5.48. The smallest absolute Gasteiger partial charge is 0.331 e. The van der Waals surface area contributed by atoms with Gasteiger partial charge in [0.25, 0.3) is 5.91 Å². The predicted octanol–water partition coefficient (Wildman–Crippen LogP) is 2.40. The molecule has 1 atom stereocenters. The zero-order valence-corrected chi connectivity index (χ0v) is 14.4. The molecule has 1 unspecified atom stereocenters. The second kappa shape index (κ2) is 7.21. The lowest BCUT2D eigenvalue weighted by atomic mass is 10.0. The minimum Gasteiger partial charge on any atom is -0.479 e. The van der Waals surface area contributed by atoms with E-state index in [1.807, 2.05) is 0 Å². The second-order valence-corrected chi connectivity index (χ2v) is 6.14. The summed E-state index contributed by atoms with van der Waals surface area (Å²) in [6.45, 7) is 1.18. The number of aromatic nitrogens is 2. The summed E-state index contributed by atoms with van der Waals surface area (Å²) in [5.41, 5.74) is -0.825. The average Bonchev–Trinajstić information content (AvgIpc) is 2.97. The van der Waals surface area contributed by atoms with Crippen LogP contribution in [0.25, 0.3) is 5.69 Å². The summed E-state index contributed by atoms with van der Waals surface area (Å²) < 4.78 is 6.26. The van der Waals surface area contributed by atoms with E-state index in [0.29, 0.717) is 15.7 Å². The number of benzene rings is 1. The number of amides is 1. The van der Waals surface area contributed by atoms with Crippen LogP contribution in [0.2, 0.25) is 10.0 Å². The highest BCUT2D eigenvalue weighted by Gasteiger charge is 2.35. The Bertz CT molecular complexity index is 778. The van der Waals surface area contributed by atoms with Crippen molar-refractivity contribution < 1.29 is 19.4 Å². The molecule has 0 saturated heterocycles. The fourth-order valence-corrected chi connectivity index (χ4v) is 2.50. The minimum atomic E-state index is -1.55. The summed E-state index contributed by atoms with van der Waals surface area (Å²) in [5, 5.41) is 16.6. The summed E-state index contributed by atoms with van der Waals surface area (Å²) in [5.74, 6) is -1.79. The van der Waals surface area contributed by atoms with Crippen LogP contribution in [-0.2, 0) is 9.53 Å². The number of hydrogen-bond acceptors (Lipinski definition) is 4. The molecule has 128 valence electrons. The number of carbonyl (C=O) groups excluding carboxylic acids is 1. The molecular formula is C15H15Cl2N3O4. The van der Waals surface area contributed by atoms with E-state index in [4.69, 9.17) is 27.9 Å². The molecule has 1 aromatic heterocycles. The van der Waals surface area contributed by atoms with E-state index >= 15 is 0 Å². The van der Waals surface area contributed by atoms with Crippen LogP contribution < -0.4 is 5.32 Å². The van der Waals surface area contributed by atoms with Crippen molar-refractivity contribution in [1.29, 1.82) is 0 Å². The standard InChI is InChI=1S/C15H15Cl2N3O4/c1-15(8-24-2,14(22)23)19-13(21)9-6-18-20(7-9)12-4-3-10(16)5-11(12)17/h3-7H,8H2,1-2H3,(H,19,21)(H,22,23). The molecule has 1 amide bonds. The molecule has 0 radical (unpaired) electrons. The molecule has 0 spiro atoms. The summed E-state index contributed by atoms with van der Waals surface area (Å²) in [4.78, 5) is 23.6. The highest BCUT2D eigenvalue weighted by atomic mass is 35.5. The van der Waals surface area contributed by atoms with E-state index in [2.05, 4.69) is 10.4 Å². The van der Waals surface area contributed by atoms with Gasteiger partial charge in [-0.25, -0.2) is 9.48 Å². The molecule has 0 aliphatic heterocycles. The van der Waals surface area contributed by atoms with Crippen LogP contribution in [0.5, 0.6) is 0 Å². The van der Waals surface area contributed by atoms with E-state index in [-0.39, 0.29) is 12.2 Å². The molecule has 1 aromatic carbocycles. The molecule has 2 rings (SSSR count). The van der Waals surface area contributed by atoms with Gasteiger partial charge in [0.2, 0.25) is 0 Å². The van der Waals surface area contributed by atoms with Crippen LogP contribution in [-0.4, -0.2) is 46.0 Å². The molecule has 1 heterocycles. The molecule has 24 heavy (non-hydrogen) atoms. The molecule has 0 saturated carbocycles. The SMILES string of the molecule is COCC(C)(NC(=O)c1cnn(-c2ccc(Cl)cc2Cl)c1)C(=O)O. The maximum atomic E-state index is 12.3. The van der Waals surface area contributed by atoms with Crippen molar-refractivity contribution >= 4 is 35.1 Å². The van der Waals surface area contributed by atoms with E-state index in [0.717, 1.165) is 0 Å². The van der Waals surface area contributed by atoms with Crippen molar-refractivity contribution in [2.75, 3.05) is 13.7 Å². The van der Waals surface area contributed by atoms with Gasteiger partial charge in [-0.1, -0.05) is 23.2 Å². The Morgan fingerprint density at radius 2 is 2.12 bits per heavy atom. The van der Waals surface area contributed by atoms with E-state index < -0.39 is 17.4 Å². The first kappa shape index (κ1) is 18.3. The lowest BCUT2D eigenvalue weighted by Crippen LogP contribution is -2.55. The Labute approximate surface area is 148 Å². The first-order chi connectivity index (χ1) is 11.3. The van der Waals surface area contributed by atoms with Crippen molar-refractivity contribution in [3.8, 4) is 5.69 Å². The van der Waals surface area contributed by atoms with E-state index in [1.165, 1.54) is 31.1 Å². The molecule has 0 fully saturated rings. The third-order valence-electron chi connectivity index (χ3n) is 3.30. The zero-order chi connectivity index (χ0) is 17.9. The van der Waals surface area contributed by atoms with Crippen molar-refractivity contribution in [3.63, 3.8) is 0 Å². The third kappa shape index (κ3) is 3.87. The van der Waals surface area contributed by atoms with Gasteiger partial charge < -0.3 is 15.2 Å². The number of halogens is 2. The topological polar surface area (TPSA) is 93.5 Å². The number of carbonyl (C=O) groups is 2. The second-order valence-electron chi connectivity index (χ2n) is 5.29. The van der Waals surface area contributed by atoms with Gasteiger partial charge in [0, 0.05) is 18.3 Å². The van der Waals surface area contributed by atoms with Crippen LogP contribution >= 0.6 is 23.2 Å². The van der Waals surface area contributed by atoms with Crippen molar-refractivity contribution in [1.82, 2.24) is 15.1 Å². The quantitative estimate of drug-likeness (QED) is 0.812. The van der Waals surface area contributed by atoms with Gasteiger partial charge in [0.15, 0.2) is 5.54 Å². The highest BCUT2D eigenvalue weighted by Crippen LogP contribution is 2.24. The van der Waals surface area contributed by atoms with Crippen molar-refractivity contribution in [2.45, 2.75) is 12.5 Å². The van der Waals surface area contributed by atoms with Crippen molar-refractivity contribution in [2.24, 2.45) is 0 Å². The lowest BCUT2D eigenvalue weighted by molar-refractivity contribution is -0.145. The number of hydrogen-bond donors (Lipinski definition) is 2. The number of methoxy groups -OCH3 is 1. The van der Waals surface area contributed by atoms with Gasteiger partial charge in [-0.2, -0.15) is 5.10 Å². The fourth-order valence-electron chi connectivity index (χ4n) is 2.00. The van der Waals surface area contributed by atoms with Crippen LogP contribution in [0.3, 0.4) is 0 Å². The van der Waals surface area contributed by atoms with Gasteiger partial charge in [0.1, 0.15) is 0 Å². The molecule has 9 heteroatoms. The van der Waals surface area contributed by atoms with Gasteiger partial charge >= 0.3 is 5.97 Å². The number of nitrogens with zero attached hydrogens (tertiary/aromatic N) is 2. The van der Waals surface area contributed by atoms with Crippen LogP contribution in [0.15, 0.2) is 30.6 Å². The number of rotatable bonds is 6.